The van der Waals surface area contributed by atoms with Gasteiger partial charge in [0, 0.05) is 12.5 Å². The highest BCUT2D eigenvalue weighted by molar-refractivity contribution is 8.24. The van der Waals surface area contributed by atoms with Gasteiger partial charge in [-0.2, -0.15) is 10.6 Å². The molecule has 0 N–H and O–H groups in total. The molecule has 0 aliphatic rings. The van der Waals surface area contributed by atoms with Crippen LogP contribution in [0.5, 0.6) is 0 Å². The van der Waals surface area contributed by atoms with Crippen molar-refractivity contribution in [1.29, 1.82) is 0 Å². The summed E-state index contributed by atoms with van der Waals surface area (Å²) in [5.74, 6) is 0. The van der Waals surface area contributed by atoms with Crippen molar-refractivity contribution in [2.75, 3.05) is 25.7 Å². The van der Waals surface area contributed by atoms with Crippen LogP contribution in [0.1, 0.15) is 13.8 Å². The van der Waals surface area contributed by atoms with E-state index in [9.17, 15) is 0 Å². The molecule has 0 aromatic rings. The Morgan fingerprint density at radius 1 is 1.00 bits per heavy atom. The molecular weight excluding hydrogens is 136 g/mol. The molecule has 0 amide bonds. The highest BCUT2D eigenvalue weighted by atomic mass is 32.3. The zero-order valence-electron chi connectivity index (χ0n) is 6.64. The Labute approximate surface area is 59.3 Å². The van der Waals surface area contributed by atoms with E-state index in [0.29, 0.717) is 0 Å². The minimum atomic E-state index is -1.18. The van der Waals surface area contributed by atoms with Gasteiger partial charge in [0.1, 0.15) is 0 Å². The van der Waals surface area contributed by atoms with Gasteiger partial charge < -0.3 is 0 Å². The van der Waals surface area contributed by atoms with Crippen LogP contribution < -0.4 is 0 Å². The predicted molar refractivity (Wildman–Crippen MR) is 42.7 cm³/mol. The van der Waals surface area contributed by atoms with Gasteiger partial charge >= 0.3 is 0 Å². The fourth-order valence-corrected chi connectivity index (χ4v) is 1.80. The van der Waals surface area contributed by atoms with Crippen molar-refractivity contribution in [1.82, 2.24) is 0 Å². The summed E-state index contributed by atoms with van der Waals surface area (Å²) in [4.78, 5) is 0. The average molecular weight is 152 g/mol. The summed E-state index contributed by atoms with van der Waals surface area (Å²) in [5, 5.41) is 0. The Bertz CT molecular complexity index is 65.5. The van der Waals surface area contributed by atoms with Gasteiger partial charge in [-0.25, -0.2) is 0 Å². The van der Waals surface area contributed by atoms with Crippen LogP contribution in [0.3, 0.4) is 0 Å². The second-order valence-electron chi connectivity index (χ2n) is 1.96. The Morgan fingerprint density at radius 2 is 1.33 bits per heavy atom. The van der Waals surface area contributed by atoms with Gasteiger partial charge in [-0.05, 0) is 13.8 Å². The van der Waals surface area contributed by atoms with Gasteiger partial charge in [-0.15, -0.1) is 0 Å². The van der Waals surface area contributed by atoms with Crippen molar-refractivity contribution in [3.05, 3.63) is 0 Å². The van der Waals surface area contributed by atoms with E-state index in [1.807, 2.05) is 26.4 Å². The molecule has 0 saturated carbocycles. The van der Waals surface area contributed by atoms with Crippen LogP contribution in [0, 0.1) is 0 Å². The first kappa shape index (κ1) is 9.27. The van der Waals surface area contributed by atoms with Gasteiger partial charge in [0.25, 0.3) is 0 Å². The van der Waals surface area contributed by atoms with Gasteiger partial charge in [0.2, 0.25) is 0 Å². The lowest BCUT2D eigenvalue weighted by Gasteiger charge is -2.34. The molecule has 0 radical (unpaired) electrons. The van der Waals surface area contributed by atoms with Crippen LogP contribution >= 0.6 is 10.6 Å². The smallest absolute Gasteiger partial charge is 0.0685 e. The second-order valence-corrected chi connectivity index (χ2v) is 4.71. The third kappa shape index (κ3) is 4.75. The zero-order chi connectivity index (χ0) is 7.33. The van der Waals surface area contributed by atoms with Crippen LogP contribution in [0.4, 0.5) is 0 Å². The van der Waals surface area contributed by atoms with Crippen molar-refractivity contribution < 1.29 is 8.37 Å². The Hall–Kier alpha value is 0.270. The lowest BCUT2D eigenvalue weighted by Crippen LogP contribution is -2.04. The van der Waals surface area contributed by atoms with E-state index in [2.05, 4.69) is 0 Å². The van der Waals surface area contributed by atoms with Crippen molar-refractivity contribution in [3.63, 3.8) is 0 Å². The maximum Gasteiger partial charge on any atom is 0.0685 e. The standard InChI is InChI=1S/C6H16O2S/c1-5-7-9(3,4)8-6-2/h5-6H2,1-4H3. The lowest BCUT2D eigenvalue weighted by molar-refractivity contribution is 0.283. The van der Waals surface area contributed by atoms with Crippen LogP contribution in [-0.2, 0) is 8.37 Å². The average Bonchev–Trinajstić information content (AvgIpc) is 1.64. The Kier molecular flexibility index (Phi) is 4.27. The quantitative estimate of drug-likeness (QED) is 0.613. The van der Waals surface area contributed by atoms with Crippen molar-refractivity contribution in [2.24, 2.45) is 0 Å². The summed E-state index contributed by atoms with van der Waals surface area (Å²) >= 11 is 0. The molecule has 0 aromatic carbocycles. The second kappa shape index (κ2) is 4.14. The van der Waals surface area contributed by atoms with E-state index in [1.54, 1.807) is 0 Å². The lowest BCUT2D eigenvalue weighted by atomic mass is 10.9. The van der Waals surface area contributed by atoms with Crippen molar-refractivity contribution in [2.45, 2.75) is 13.8 Å². The summed E-state index contributed by atoms with van der Waals surface area (Å²) in [5.41, 5.74) is 0. The van der Waals surface area contributed by atoms with E-state index in [4.69, 9.17) is 8.37 Å². The van der Waals surface area contributed by atoms with E-state index in [-0.39, 0.29) is 0 Å². The number of rotatable bonds is 4. The van der Waals surface area contributed by atoms with Gasteiger partial charge in [0.05, 0.1) is 13.2 Å². The SMILES string of the molecule is CCOS(C)(C)OCC. The molecule has 0 saturated heterocycles. The first-order valence-electron chi connectivity index (χ1n) is 3.14. The molecule has 0 aromatic heterocycles. The molecule has 0 aliphatic heterocycles. The Balaban J connectivity index is 3.43. The van der Waals surface area contributed by atoms with Gasteiger partial charge in [0.15, 0.2) is 0 Å². The van der Waals surface area contributed by atoms with E-state index < -0.39 is 10.6 Å². The maximum absolute atomic E-state index is 5.33. The van der Waals surface area contributed by atoms with Crippen LogP contribution in [-0.4, -0.2) is 25.7 Å². The van der Waals surface area contributed by atoms with Crippen LogP contribution in [0.2, 0.25) is 0 Å². The molecule has 0 bridgehead atoms. The molecule has 0 fully saturated rings. The normalized spacial score (nSPS) is 13.8. The zero-order valence-corrected chi connectivity index (χ0v) is 7.46. The molecule has 0 aliphatic carbocycles. The van der Waals surface area contributed by atoms with E-state index in [0.717, 1.165) is 13.2 Å². The molecule has 0 unspecified atom stereocenters. The largest absolute Gasteiger partial charge is 0.285 e. The molecular formula is C6H16O2S. The summed E-state index contributed by atoms with van der Waals surface area (Å²) in [7, 11) is -1.18. The maximum atomic E-state index is 5.33. The molecule has 0 heterocycles. The highest BCUT2D eigenvalue weighted by Gasteiger charge is 2.03. The molecule has 58 valence electrons. The van der Waals surface area contributed by atoms with Crippen LogP contribution in [0.25, 0.3) is 0 Å². The van der Waals surface area contributed by atoms with Gasteiger partial charge in [-0.3, -0.25) is 8.37 Å². The summed E-state index contributed by atoms with van der Waals surface area (Å²) in [6.45, 7) is 5.44. The first-order chi connectivity index (χ1) is 4.12. The monoisotopic (exact) mass is 152 g/mol. The number of hydrogen-bond donors (Lipinski definition) is 0. The highest BCUT2D eigenvalue weighted by Crippen LogP contribution is 2.41. The molecule has 9 heavy (non-hydrogen) atoms. The number of hydrogen-bond acceptors (Lipinski definition) is 2. The third-order valence-electron chi connectivity index (χ3n) is 0.803. The first-order valence-corrected chi connectivity index (χ1v) is 5.44. The summed E-state index contributed by atoms with van der Waals surface area (Å²) < 4.78 is 10.7. The van der Waals surface area contributed by atoms with E-state index in [1.165, 1.54) is 0 Å². The van der Waals surface area contributed by atoms with Crippen molar-refractivity contribution in [3.8, 4) is 0 Å². The molecule has 0 rings (SSSR count). The fourth-order valence-electron chi connectivity index (χ4n) is 0.602. The summed E-state index contributed by atoms with van der Waals surface area (Å²) in [6, 6.07) is 0. The topological polar surface area (TPSA) is 18.5 Å². The molecule has 0 atom stereocenters. The van der Waals surface area contributed by atoms with Gasteiger partial charge in [-0.1, -0.05) is 0 Å². The minimum absolute atomic E-state index is 0.738. The predicted octanol–water partition coefficient (Wildman–Crippen LogP) is 1.95. The van der Waals surface area contributed by atoms with E-state index >= 15 is 0 Å². The molecule has 0 spiro atoms. The third-order valence-corrected chi connectivity index (χ3v) is 2.41. The summed E-state index contributed by atoms with van der Waals surface area (Å²) in [6.07, 6.45) is 4.00. The molecule has 2 nitrogen and oxygen atoms in total. The fraction of sp³-hybridized carbons (Fsp3) is 1.00. The minimum Gasteiger partial charge on any atom is -0.285 e. The van der Waals surface area contributed by atoms with Crippen molar-refractivity contribution >= 4 is 10.6 Å². The Morgan fingerprint density at radius 3 is 1.56 bits per heavy atom. The van der Waals surface area contributed by atoms with Crippen LogP contribution in [0.15, 0.2) is 0 Å². The molecule has 3 heteroatoms.